The fourth-order valence-electron chi connectivity index (χ4n) is 0. The Balaban J connectivity index is 3.17. The third-order valence-corrected chi connectivity index (χ3v) is 0.694. The van der Waals surface area contributed by atoms with Gasteiger partial charge in [-0.2, -0.15) is 0 Å². The van der Waals surface area contributed by atoms with Crippen molar-refractivity contribution in [2.24, 2.45) is 0 Å². The Morgan fingerprint density at radius 2 is 1.50 bits per heavy atom. The van der Waals surface area contributed by atoms with Gasteiger partial charge in [0.15, 0.2) is 0 Å². The summed E-state index contributed by atoms with van der Waals surface area (Å²) in [6.07, 6.45) is 0. The molecule has 38 valence electrons. The lowest BCUT2D eigenvalue weighted by atomic mass is 11.8. The monoisotopic (exact) mass is 116 g/mol. The zero-order chi connectivity index (χ0) is 5.21. The highest BCUT2D eigenvalue weighted by Crippen LogP contribution is 2.06. The molecule has 0 bridgehead atoms. The van der Waals surface area contributed by atoms with E-state index in [1.807, 2.05) is 0 Å². The molecule has 0 N–H and O–H groups in total. The van der Waals surface area contributed by atoms with Crippen molar-refractivity contribution in [1.82, 2.24) is 0 Å². The van der Waals surface area contributed by atoms with Crippen LogP contribution in [0.5, 0.6) is 0 Å². The van der Waals surface area contributed by atoms with Crippen LogP contribution in [-0.2, 0) is 4.43 Å². The predicted octanol–water partition coefficient (Wildman–Crippen LogP) is 0.977. The van der Waals surface area contributed by atoms with Gasteiger partial charge < -0.3 is 4.43 Å². The molecule has 0 rings (SSSR count). The molecule has 0 fully saturated rings. The summed E-state index contributed by atoms with van der Waals surface area (Å²) >= 11 is 0. The van der Waals surface area contributed by atoms with Crippen LogP contribution in [0.4, 0.5) is 12.3 Å². The van der Waals surface area contributed by atoms with Crippen LogP contribution in [0, 0.1) is 0 Å². The van der Waals surface area contributed by atoms with Crippen LogP contribution in [0.3, 0.4) is 0 Å². The molecule has 0 aromatic carbocycles. The summed E-state index contributed by atoms with van der Waals surface area (Å²) in [5, 5.41) is 0. The molecule has 0 radical (unpaired) electrons. The molecule has 0 aliphatic carbocycles. The van der Waals surface area contributed by atoms with Crippen molar-refractivity contribution >= 4 is 9.32 Å². The highest BCUT2D eigenvalue weighted by molar-refractivity contribution is 6.50. The number of hydrogen-bond acceptors (Lipinski definition) is 1. The number of halogens is 3. The molecule has 0 heterocycles. The van der Waals surface area contributed by atoms with Gasteiger partial charge in [-0.25, -0.2) is 12.3 Å². The van der Waals surface area contributed by atoms with E-state index in [0.29, 0.717) is 7.11 Å². The lowest BCUT2D eigenvalue weighted by Gasteiger charge is -1.91. The summed E-state index contributed by atoms with van der Waals surface area (Å²) < 4.78 is 35.2. The van der Waals surface area contributed by atoms with Crippen LogP contribution >= 0.6 is 0 Å². The molecule has 0 saturated heterocycles. The minimum atomic E-state index is -5.63. The maximum absolute atomic E-state index is 10.7. The SMILES string of the molecule is CO[Si](F)(F)F. The van der Waals surface area contributed by atoms with Gasteiger partial charge in [-0.05, 0) is 0 Å². The quantitative estimate of drug-likeness (QED) is 0.366. The molecule has 6 heavy (non-hydrogen) atoms. The topological polar surface area (TPSA) is 9.23 Å². The lowest BCUT2D eigenvalue weighted by molar-refractivity contribution is 0.225. The second-order valence-corrected chi connectivity index (χ2v) is 1.95. The second kappa shape index (κ2) is 1.61. The Morgan fingerprint density at radius 3 is 1.50 bits per heavy atom. The average Bonchev–Trinajstić information content (AvgIpc) is 1.35. The summed E-state index contributed by atoms with van der Waals surface area (Å²) in [4.78, 5) is 0. The summed E-state index contributed by atoms with van der Waals surface area (Å²) in [6.45, 7) is 0. The van der Waals surface area contributed by atoms with Gasteiger partial charge in [0.05, 0.1) is 0 Å². The van der Waals surface area contributed by atoms with E-state index in [1.54, 1.807) is 0 Å². The summed E-state index contributed by atoms with van der Waals surface area (Å²) in [7, 11) is -4.99. The van der Waals surface area contributed by atoms with Gasteiger partial charge in [-0.15, -0.1) is 0 Å². The van der Waals surface area contributed by atoms with Crippen molar-refractivity contribution in [2.45, 2.75) is 0 Å². The fourth-order valence-corrected chi connectivity index (χ4v) is 0. The van der Waals surface area contributed by atoms with E-state index in [2.05, 4.69) is 4.43 Å². The van der Waals surface area contributed by atoms with E-state index < -0.39 is 9.32 Å². The maximum Gasteiger partial charge on any atom is 0.802 e. The molecule has 0 atom stereocenters. The van der Waals surface area contributed by atoms with E-state index in [-0.39, 0.29) is 0 Å². The molecule has 1 nitrogen and oxygen atoms in total. The first kappa shape index (κ1) is 5.97. The van der Waals surface area contributed by atoms with Crippen LogP contribution in [0.1, 0.15) is 0 Å². The van der Waals surface area contributed by atoms with Crippen molar-refractivity contribution in [3.8, 4) is 0 Å². The first-order valence-corrected chi connectivity index (χ1v) is 2.72. The molecule has 0 aromatic heterocycles. The minimum absolute atomic E-state index is 0.645. The highest BCUT2D eigenvalue weighted by Gasteiger charge is 2.39. The van der Waals surface area contributed by atoms with Crippen LogP contribution in [-0.4, -0.2) is 16.4 Å². The summed E-state index contributed by atoms with van der Waals surface area (Å²) in [5.74, 6) is 0. The molecule has 0 aromatic rings. The number of hydrogen-bond donors (Lipinski definition) is 0. The van der Waals surface area contributed by atoms with Crippen molar-refractivity contribution in [2.75, 3.05) is 7.11 Å². The fraction of sp³-hybridized carbons (Fsp3) is 1.00. The van der Waals surface area contributed by atoms with Gasteiger partial charge in [-0.1, -0.05) is 0 Å². The van der Waals surface area contributed by atoms with Gasteiger partial charge >= 0.3 is 9.32 Å². The standard InChI is InChI=1S/CH3F3OSi/c1-5-6(2,3)4/h1H3. The Hall–Kier alpha value is -0.0331. The zero-order valence-electron chi connectivity index (χ0n) is 3.04. The Bertz CT molecular complexity index is 40.5. The molecule has 0 amide bonds. The lowest BCUT2D eigenvalue weighted by Crippen LogP contribution is -2.17. The molecule has 0 aliphatic heterocycles. The smallest absolute Gasteiger partial charge is 0.345 e. The van der Waals surface area contributed by atoms with Crippen molar-refractivity contribution < 1.29 is 16.7 Å². The molecule has 5 heteroatoms. The van der Waals surface area contributed by atoms with Gasteiger partial charge in [0.1, 0.15) is 0 Å². The Morgan fingerprint density at radius 1 is 1.33 bits per heavy atom. The second-order valence-electron chi connectivity index (χ2n) is 0.650. The molecule has 0 saturated carbocycles. The third kappa shape index (κ3) is 3.97. The average molecular weight is 116 g/mol. The molecular weight excluding hydrogens is 113 g/mol. The molecular formula is CH3F3OSi. The summed E-state index contributed by atoms with van der Waals surface area (Å²) in [5.41, 5.74) is 0. The van der Waals surface area contributed by atoms with Gasteiger partial charge in [0.25, 0.3) is 0 Å². The molecule has 0 unspecified atom stereocenters. The van der Waals surface area contributed by atoms with Crippen LogP contribution < -0.4 is 0 Å². The van der Waals surface area contributed by atoms with Gasteiger partial charge in [0.2, 0.25) is 0 Å². The van der Waals surface area contributed by atoms with Gasteiger partial charge in [0, 0.05) is 7.11 Å². The molecule has 0 spiro atoms. The van der Waals surface area contributed by atoms with Crippen molar-refractivity contribution in [3.63, 3.8) is 0 Å². The van der Waals surface area contributed by atoms with Crippen LogP contribution in [0.15, 0.2) is 0 Å². The first-order chi connectivity index (χ1) is 2.56. The van der Waals surface area contributed by atoms with E-state index in [1.165, 1.54) is 0 Å². The van der Waals surface area contributed by atoms with Crippen molar-refractivity contribution in [3.05, 3.63) is 0 Å². The highest BCUT2D eigenvalue weighted by atomic mass is 28.5. The van der Waals surface area contributed by atoms with E-state index >= 15 is 0 Å². The Kier molecular flexibility index (Phi) is 1.60. The normalized spacial score (nSPS) is 12.0. The largest absolute Gasteiger partial charge is 0.802 e. The van der Waals surface area contributed by atoms with E-state index in [9.17, 15) is 12.3 Å². The minimum Gasteiger partial charge on any atom is -0.345 e. The first-order valence-electron chi connectivity index (χ1n) is 1.18. The molecule has 0 aliphatic rings. The Labute approximate surface area is 34.4 Å². The third-order valence-electron chi connectivity index (χ3n) is 0.231. The van der Waals surface area contributed by atoms with Crippen LogP contribution in [0.25, 0.3) is 0 Å². The predicted molar refractivity (Wildman–Crippen MR) is 16.1 cm³/mol. The zero-order valence-corrected chi connectivity index (χ0v) is 4.04. The van der Waals surface area contributed by atoms with Crippen molar-refractivity contribution in [1.29, 1.82) is 0 Å². The van der Waals surface area contributed by atoms with Crippen LogP contribution in [0.2, 0.25) is 0 Å². The van der Waals surface area contributed by atoms with E-state index in [4.69, 9.17) is 0 Å². The van der Waals surface area contributed by atoms with E-state index in [0.717, 1.165) is 0 Å². The van der Waals surface area contributed by atoms with Gasteiger partial charge in [-0.3, -0.25) is 0 Å². The maximum atomic E-state index is 10.7. The summed E-state index contributed by atoms with van der Waals surface area (Å²) in [6, 6.07) is 0. The number of rotatable bonds is 1.